The highest BCUT2D eigenvalue weighted by Gasteiger charge is 2.16. The topological polar surface area (TPSA) is 47.7 Å². The minimum absolute atomic E-state index is 0.227. The van der Waals surface area contributed by atoms with E-state index in [-0.39, 0.29) is 12.6 Å². The van der Waals surface area contributed by atoms with Crippen molar-refractivity contribution < 1.29 is 13.9 Å². The zero-order valence-corrected chi connectivity index (χ0v) is 10.4. The van der Waals surface area contributed by atoms with E-state index in [9.17, 15) is 4.39 Å². The predicted octanol–water partition coefficient (Wildman–Crippen LogP) is 2.90. The van der Waals surface area contributed by atoms with E-state index in [2.05, 4.69) is 0 Å². The van der Waals surface area contributed by atoms with Crippen LogP contribution in [0, 0.1) is 5.82 Å². The van der Waals surface area contributed by atoms with Crippen molar-refractivity contribution in [3.05, 3.63) is 42.2 Å². The minimum atomic E-state index is -0.322. The van der Waals surface area contributed by atoms with Crippen LogP contribution in [0.3, 0.4) is 0 Å². The Hall–Kier alpha value is -2.43. The first-order chi connectivity index (χ1) is 9.15. The fourth-order valence-electron chi connectivity index (χ4n) is 2.04. The van der Waals surface area contributed by atoms with E-state index >= 15 is 0 Å². The van der Waals surface area contributed by atoms with Crippen molar-refractivity contribution in [3.8, 4) is 11.5 Å². The number of halogens is 1. The van der Waals surface area contributed by atoms with E-state index in [1.165, 1.54) is 12.1 Å². The first kappa shape index (κ1) is 11.6. The second-order valence-corrected chi connectivity index (χ2v) is 4.30. The molecule has 1 aliphatic rings. The molecule has 19 heavy (non-hydrogen) atoms. The molecule has 2 N–H and O–H groups in total. The Morgan fingerprint density at radius 2 is 1.89 bits per heavy atom. The lowest BCUT2D eigenvalue weighted by Gasteiger charge is -2.21. The third-order valence-corrected chi connectivity index (χ3v) is 3.10. The SMILES string of the molecule is CN(c1ccc2c(c1)OCO2)c1cc(F)ccc1N. The number of hydrogen-bond donors (Lipinski definition) is 1. The zero-order chi connectivity index (χ0) is 13.4. The molecule has 1 heterocycles. The van der Waals surface area contributed by atoms with Crippen LogP contribution in [0.1, 0.15) is 0 Å². The van der Waals surface area contributed by atoms with E-state index in [0.717, 1.165) is 5.69 Å². The monoisotopic (exact) mass is 260 g/mol. The summed E-state index contributed by atoms with van der Waals surface area (Å²) in [7, 11) is 1.82. The van der Waals surface area contributed by atoms with Gasteiger partial charge in [-0.15, -0.1) is 0 Å². The van der Waals surface area contributed by atoms with Crippen LogP contribution < -0.4 is 20.1 Å². The van der Waals surface area contributed by atoms with E-state index in [1.54, 1.807) is 11.0 Å². The van der Waals surface area contributed by atoms with Gasteiger partial charge < -0.3 is 20.1 Å². The first-order valence-corrected chi connectivity index (χ1v) is 5.83. The number of fused-ring (bicyclic) bond motifs is 1. The molecule has 0 bridgehead atoms. The van der Waals surface area contributed by atoms with Gasteiger partial charge in [-0.1, -0.05) is 0 Å². The second-order valence-electron chi connectivity index (χ2n) is 4.30. The minimum Gasteiger partial charge on any atom is -0.454 e. The van der Waals surface area contributed by atoms with Gasteiger partial charge >= 0.3 is 0 Å². The van der Waals surface area contributed by atoms with Gasteiger partial charge in [-0.05, 0) is 30.3 Å². The van der Waals surface area contributed by atoms with Crippen molar-refractivity contribution in [3.63, 3.8) is 0 Å². The fraction of sp³-hybridized carbons (Fsp3) is 0.143. The number of nitrogens with two attached hydrogens (primary N) is 1. The average molecular weight is 260 g/mol. The van der Waals surface area contributed by atoms with Crippen LogP contribution in [-0.2, 0) is 0 Å². The molecule has 0 aliphatic carbocycles. The van der Waals surface area contributed by atoms with Crippen molar-refractivity contribution >= 4 is 17.1 Å². The van der Waals surface area contributed by atoms with E-state index in [1.807, 2.05) is 25.2 Å². The Morgan fingerprint density at radius 1 is 1.11 bits per heavy atom. The standard InChI is InChI=1S/C14H13FN2O2/c1-17(12-6-9(15)2-4-11(12)16)10-3-5-13-14(7-10)19-8-18-13/h2-7H,8,16H2,1H3. The third-order valence-electron chi connectivity index (χ3n) is 3.10. The molecule has 98 valence electrons. The molecule has 0 atom stereocenters. The largest absolute Gasteiger partial charge is 0.454 e. The smallest absolute Gasteiger partial charge is 0.231 e. The highest BCUT2D eigenvalue weighted by molar-refractivity contribution is 5.75. The molecule has 1 aliphatic heterocycles. The fourth-order valence-corrected chi connectivity index (χ4v) is 2.04. The summed E-state index contributed by atoms with van der Waals surface area (Å²) in [4.78, 5) is 1.81. The molecule has 0 unspecified atom stereocenters. The lowest BCUT2D eigenvalue weighted by atomic mass is 10.2. The van der Waals surface area contributed by atoms with Gasteiger partial charge in [0.25, 0.3) is 0 Å². The molecular weight excluding hydrogens is 247 g/mol. The number of anilines is 3. The van der Waals surface area contributed by atoms with Crippen LogP contribution in [-0.4, -0.2) is 13.8 Å². The number of benzene rings is 2. The molecule has 3 rings (SSSR count). The number of hydrogen-bond acceptors (Lipinski definition) is 4. The van der Waals surface area contributed by atoms with Gasteiger partial charge in [0.1, 0.15) is 5.82 Å². The number of nitrogen functional groups attached to an aromatic ring is 1. The molecule has 0 saturated carbocycles. The molecule has 0 spiro atoms. The van der Waals surface area contributed by atoms with E-state index in [4.69, 9.17) is 15.2 Å². The van der Waals surface area contributed by atoms with Crippen molar-refractivity contribution in [2.24, 2.45) is 0 Å². The lowest BCUT2D eigenvalue weighted by molar-refractivity contribution is 0.174. The third kappa shape index (κ3) is 2.03. The summed E-state index contributed by atoms with van der Waals surface area (Å²) in [5.74, 6) is 1.07. The molecule has 0 fully saturated rings. The summed E-state index contributed by atoms with van der Waals surface area (Å²) in [5.41, 5.74) is 7.85. The lowest BCUT2D eigenvalue weighted by Crippen LogP contribution is -2.11. The van der Waals surface area contributed by atoms with Gasteiger partial charge in [0, 0.05) is 18.8 Å². The second kappa shape index (κ2) is 4.35. The average Bonchev–Trinajstić information content (AvgIpc) is 2.88. The molecule has 0 amide bonds. The summed E-state index contributed by atoms with van der Waals surface area (Å²) < 4.78 is 23.9. The Labute approximate surface area is 110 Å². The van der Waals surface area contributed by atoms with Crippen LogP contribution in [0.25, 0.3) is 0 Å². The quantitative estimate of drug-likeness (QED) is 0.843. The Kier molecular flexibility index (Phi) is 2.67. The van der Waals surface area contributed by atoms with Crippen LogP contribution in [0.15, 0.2) is 36.4 Å². The Morgan fingerprint density at radius 3 is 2.74 bits per heavy atom. The van der Waals surface area contributed by atoms with Crippen LogP contribution in [0.2, 0.25) is 0 Å². The number of nitrogens with zero attached hydrogens (tertiary/aromatic N) is 1. The van der Waals surface area contributed by atoms with Crippen molar-refractivity contribution in [2.45, 2.75) is 0 Å². The summed E-state index contributed by atoms with van der Waals surface area (Å²) in [6.07, 6.45) is 0. The molecular formula is C14H13FN2O2. The molecule has 2 aromatic carbocycles. The van der Waals surface area contributed by atoms with Gasteiger partial charge in [0.2, 0.25) is 6.79 Å². The van der Waals surface area contributed by atoms with Gasteiger partial charge in [0.15, 0.2) is 11.5 Å². The first-order valence-electron chi connectivity index (χ1n) is 5.83. The number of rotatable bonds is 2. The Bertz CT molecular complexity index is 631. The van der Waals surface area contributed by atoms with Crippen molar-refractivity contribution in [1.82, 2.24) is 0 Å². The van der Waals surface area contributed by atoms with Crippen LogP contribution in [0.5, 0.6) is 11.5 Å². The maximum atomic E-state index is 13.3. The summed E-state index contributed by atoms with van der Waals surface area (Å²) in [6, 6.07) is 9.83. The molecule has 0 aromatic heterocycles. The van der Waals surface area contributed by atoms with Gasteiger partial charge in [-0.25, -0.2) is 4.39 Å². The summed E-state index contributed by atoms with van der Waals surface area (Å²) >= 11 is 0. The van der Waals surface area contributed by atoms with Gasteiger partial charge in [0.05, 0.1) is 11.4 Å². The summed E-state index contributed by atoms with van der Waals surface area (Å²) in [5, 5.41) is 0. The summed E-state index contributed by atoms with van der Waals surface area (Å²) in [6.45, 7) is 0.227. The normalized spacial score (nSPS) is 12.5. The van der Waals surface area contributed by atoms with Crippen molar-refractivity contribution in [2.75, 3.05) is 24.5 Å². The predicted molar refractivity (Wildman–Crippen MR) is 71.4 cm³/mol. The molecule has 2 aromatic rings. The maximum Gasteiger partial charge on any atom is 0.231 e. The van der Waals surface area contributed by atoms with Gasteiger partial charge in [-0.3, -0.25) is 0 Å². The number of ether oxygens (including phenoxy) is 2. The highest BCUT2D eigenvalue weighted by atomic mass is 19.1. The maximum absolute atomic E-state index is 13.3. The molecule has 0 saturated heterocycles. The zero-order valence-electron chi connectivity index (χ0n) is 10.4. The van der Waals surface area contributed by atoms with Crippen LogP contribution >= 0.6 is 0 Å². The Balaban J connectivity index is 1.99. The molecule has 0 radical (unpaired) electrons. The van der Waals surface area contributed by atoms with Crippen molar-refractivity contribution in [1.29, 1.82) is 0 Å². The van der Waals surface area contributed by atoms with Crippen LogP contribution in [0.4, 0.5) is 21.5 Å². The van der Waals surface area contributed by atoms with E-state index < -0.39 is 0 Å². The molecule has 5 heteroatoms. The highest BCUT2D eigenvalue weighted by Crippen LogP contribution is 2.38. The van der Waals surface area contributed by atoms with E-state index in [0.29, 0.717) is 22.9 Å². The molecule has 4 nitrogen and oxygen atoms in total. The van der Waals surface area contributed by atoms with Gasteiger partial charge in [-0.2, -0.15) is 0 Å².